The van der Waals surface area contributed by atoms with Crippen molar-refractivity contribution < 1.29 is 5.41 Å². The van der Waals surface area contributed by atoms with Crippen LogP contribution in [0.4, 0.5) is 0 Å². The Labute approximate surface area is 135 Å². The maximum absolute atomic E-state index is 5.88. The monoisotopic (exact) mass is 296 g/mol. The zero-order valence-corrected chi connectivity index (χ0v) is 13.1. The van der Waals surface area contributed by atoms with Crippen molar-refractivity contribution in [1.29, 1.82) is 0 Å². The third-order valence-corrected chi connectivity index (χ3v) is 4.42. The Bertz CT molecular complexity index is 1030. The molecule has 0 saturated heterocycles. The molecule has 1 nitrogen and oxygen atoms in total. The average Bonchev–Trinajstić information content (AvgIpc) is 2.61. The standard InChI is InChI=1S/C22H17N/c1-15(23)16-10-12-17(13-11-16)22-14-18-6-2-3-7-19(18)20-8-4-5-9-21(20)22/h2-14,23H,1H3/p+1. The second-order valence-corrected chi connectivity index (χ2v) is 5.95. The van der Waals surface area contributed by atoms with Crippen LogP contribution in [0.25, 0.3) is 32.7 Å². The molecular weight excluding hydrogens is 278 g/mol. The van der Waals surface area contributed by atoms with Crippen molar-refractivity contribution in [2.45, 2.75) is 6.92 Å². The van der Waals surface area contributed by atoms with E-state index in [-0.39, 0.29) is 0 Å². The minimum Gasteiger partial charge on any atom is -0.258 e. The van der Waals surface area contributed by atoms with Crippen LogP contribution < -0.4 is 5.41 Å². The molecule has 0 aliphatic heterocycles. The number of rotatable bonds is 2. The lowest BCUT2D eigenvalue weighted by Crippen LogP contribution is -2.37. The van der Waals surface area contributed by atoms with Crippen molar-refractivity contribution in [3.05, 3.63) is 84.4 Å². The first kappa shape index (κ1) is 13.7. The van der Waals surface area contributed by atoms with Gasteiger partial charge in [0.15, 0.2) is 5.71 Å². The van der Waals surface area contributed by atoms with Gasteiger partial charge in [0.2, 0.25) is 0 Å². The van der Waals surface area contributed by atoms with Crippen LogP contribution >= 0.6 is 0 Å². The lowest BCUT2D eigenvalue weighted by Gasteiger charge is -2.11. The Morgan fingerprint density at radius 2 is 1.30 bits per heavy atom. The van der Waals surface area contributed by atoms with Crippen LogP contribution in [0.2, 0.25) is 0 Å². The highest BCUT2D eigenvalue weighted by Gasteiger charge is 2.08. The van der Waals surface area contributed by atoms with Crippen LogP contribution in [0.1, 0.15) is 12.5 Å². The SMILES string of the molecule is CC(=[NH2+])c1ccc(-c2cc3ccccc3c3ccccc23)cc1. The first-order valence-corrected chi connectivity index (χ1v) is 7.84. The number of benzene rings is 4. The smallest absolute Gasteiger partial charge is 0.176 e. The second kappa shape index (κ2) is 5.36. The molecule has 0 heterocycles. The van der Waals surface area contributed by atoms with Gasteiger partial charge in [-0.3, -0.25) is 5.41 Å². The molecule has 0 amide bonds. The molecule has 0 bridgehead atoms. The van der Waals surface area contributed by atoms with Gasteiger partial charge in [-0.05, 0) is 50.9 Å². The predicted octanol–water partition coefficient (Wildman–Crippen LogP) is 4.23. The van der Waals surface area contributed by atoms with E-state index in [2.05, 4.69) is 78.9 Å². The molecule has 1 heteroatoms. The third-order valence-electron chi connectivity index (χ3n) is 4.42. The van der Waals surface area contributed by atoms with E-state index in [0.717, 1.165) is 11.3 Å². The van der Waals surface area contributed by atoms with Crippen molar-refractivity contribution in [3.63, 3.8) is 0 Å². The molecular formula is C22H18N+. The van der Waals surface area contributed by atoms with Gasteiger partial charge in [-0.15, -0.1) is 0 Å². The van der Waals surface area contributed by atoms with E-state index < -0.39 is 0 Å². The molecule has 0 saturated carbocycles. The summed E-state index contributed by atoms with van der Waals surface area (Å²) in [5, 5.41) is 11.0. The van der Waals surface area contributed by atoms with Crippen LogP contribution in [0.15, 0.2) is 78.9 Å². The molecule has 4 aromatic rings. The van der Waals surface area contributed by atoms with E-state index in [4.69, 9.17) is 5.41 Å². The molecule has 0 unspecified atom stereocenters. The van der Waals surface area contributed by atoms with Crippen molar-refractivity contribution in [2.75, 3.05) is 0 Å². The summed E-state index contributed by atoms with van der Waals surface area (Å²) >= 11 is 0. The minimum absolute atomic E-state index is 0.847. The molecule has 0 aliphatic carbocycles. The molecule has 4 rings (SSSR count). The maximum Gasteiger partial charge on any atom is 0.176 e. The molecule has 0 radical (unpaired) electrons. The second-order valence-electron chi connectivity index (χ2n) is 5.95. The van der Waals surface area contributed by atoms with Gasteiger partial charge in [0.25, 0.3) is 0 Å². The van der Waals surface area contributed by atoms with Gasteiger partial charge in [0.05, 0.1) is 0 Å². The fourth-order valence-corrected chi connectivity index (χ4v) is 3.21. The fourth-order valence-electron chi connectivity index (χ4n) is 3.21. The summed E-state index contributed by atoms with van der Waals surface area (Å²) in [6.07, 6.45) is 0. The lowest BCUT2D eigenvalue weighted by molar-refractivity contribution is -0.113. The van der Waals surface area contributed by atoms with E-state index in [1.54, 1.807) is 0 Å². The predicted molar refractivity (Wildman–Crippen MR) is 98.6 cm³/mol. The van der Waals surface area contributed by atoms with Crippen LogP contribution in [-0.2, 0) is 0 Å². The third kappa shape index (κ3) is 2.31. The van der Waals surface area contributed by atoms with E-state index in [9.17, 15) is 0 Å². The zero-order valence-electron chi connectivity index (χ0n) is 13.1. The maximum atomic E-state index is 5.88. The molecule has 0 aliphatic rings. The van der Waals surface area contributed by atoms with Crippen LogP contribution in [-0.4, -0.2) is 5.71 Å². The minimum atomic E-state index is 0.847. The van der Waals surface area contributed by atoms with Crippen molar-refractivity contribution in [1.82, 2.24) is 0 Å². The van der Waals surface area contributed by atoms with Crippen molar-refractivity contribution >= 4 is 27.3 Å². The highest BCUT2D eigenvalue weighted by Crippen LogP contribution is 2.34. The number of hydrogen-bond acceptors (Lipinski definition) is 0. The topological polar surface area (TPSA) is 25.6 Å². The van der Waals surface area contributed by atoms with Crippen LogP contribution in [0, 0.1) is 0 Å². The largest absolute Gasteiger partial charge is 0.258 e. The molecule has 23 heavy (non-hydrogen) atoms. The quantitative estimate of drug-likeness (QED) is 0.423. The Kier molecular flexibility index (Phi) is 3.20. The van der Waals surface area contributed by atoms with E-state index in [0.29, 0.717) is 0 Å². The Morgan fingerprint density at radius 3 is 2.00 bits per heavy atom. The Balaban J connectivity index is 2.03. The zero-order chi connectivity index (χ0) is 15.8. The first-order valence-electron chi connectivity index (χ1n) is 7.84. The van der Waals surface area contributed by atoms with E-state index >= 15 is 0 Å². The summed E-state index contributed by atoms with van der Waals surface area (Å²) in [7, 11) is 0. The Hall–Kier alpha value is -2.93. The normalized spacial score (nSPS) is 11.0. The van der Waals surface area contributed by atoms with E-state index in [1.807, 2.05) is 6.92 Å². The van der Waals surface area contributed by atoms with Gasteiger partial charge in [-0.1, -0.05) is 60.7 Å². The summed E-state index contributed by atoms with van der Waals surface area (Å²) in [6, 6.07) is 28.0. The van der Waals surface area contributed by atoms with Gasteiger partial charge < -0.3 is 0 Å². The average molecular weight is 296 g/mol. The highest BCUT2D eigenvalue weighted by molar-refractivity contribution is 6.13. The molecule has 110 valence electrons. The lowest BCUT2D eigenvalue weighted by atomic mass is 9.93. The highest BCUT2D eigenvalue weighted by atomic mass is 14.4. The first-order chi connectivity index (χ1) is 11.2. The summed E-state index contributed by atoms with van der Waals surface area (Å²) in [5.74, 6) is 0. The van der Waals surface area contributed by atoms with Gasteiger partial charge >= 0.3 is 0 Å². The molecule has 0 atom stereocenters. The molecule has 2 N–H and O–H groups in total. The van der Waals surface area contributed by atoms with Crippen molar-refractivity contribution in [3.8, 4) is 11.1 Å². The summed E-state index contributed by atoms with van der Waals surface area (Å²) in [5.41, 5.74) is 4.41. The van der Waals surface area contributed by atoms with Gasteiger partial charge in [-0.2, -0.15) is 0 Å². The van der Waals surface area contributed by atoms with Gasteiger partial charge in [0.1, 0.15) is 0 Å². The summed E-state index contributed by atoms with van der Waals surface area (Å²) in [6.45, 7) is 1.93. The fraction of sp³-hybridized carbons (Fsp3) is 0.0455. The summed E-state index contributed by atoms with van der Waals surface area (Å²) in [4.78, 5) is 0. The molecule has 0 fully saturated rings. The van der Waals surface area contributed by atoms with Gasteiger partial charge in [-0.25, -0.2) is 0 Å². The van der Waals surface area contributed by atoms with Crippen molar-refractivity contribution in [2.24, 2.45) is 0 Å². The number of fused-ring (bicyclic) bond motifs is 3. The molecule has 0 aromatic heterocycles. The molecule has 0 spiro atoms. The Morgan fingerprint density at radius 1 is 0.696 bits per heavy atom. The van der Waals surface area contributed by atoms with E-state index in [1.165, 1.54) is 32.7 Å². The number of hydrogen-bond donors (Lipinski definition) is 1. The number of nitrogens with two attached hydrogens (primary N) is 1. The molecule has 4 aromatic carbocycles. The van der Waals surface area contributed by atoms with Crippen LogP contribution in [0.3, 0.4) is 0 Å². The van der Waals surface area contributed by atoms with Gasteiger partial charge in [0, 0.05) is 12.5 Å². The summed E-state index contributed by atoms with van der Waals surface area (Å²) < 4.78 is 0. The van der Waals surface area contributed by atoms with Crippen LogP contribution in [0.5, 0.6) is 0 Å².